The van der Waals surface area contributed by atoms with Crippen molar-refractivity contribution in [2.45, 2.75) is 30.2 Å². The van der Waals surface area contributed by atoms with Gasteiger partial charge in [0.05, 0.1) is 34.2 Å². The first kappa shape index (κ1) is 25.7. The van der Waals surface area contributed by atoms with Crippen LogP contribution in [-0.2, 0) is 27.2 Å². The van der Waals surface area contributed by atoms with Crippen LogP contribution in [-0.4, -0.2) is 27.5 Å². The lowest BCUT2D eigenvalue weighted by Crippen LogP contribution is -2.41. The third kappa shape index (κ3) is 6.26. The Balaban J connectivity index is 2.26. The van der Waals surface area contributed by atoms with Crippen LogP contribution in [0.25, 0.3) is 0 Å². The van der Waals surface area contributed by atoms with E-state index in [4.69, 9.17) is 16.3 Å². The number of alkyl halides is 6. The number of methoxy groups -OCH3 is 1. The molecule has 2 aromatic carbocycles. The van der Waals surface area contributed by atoms with Crippen LogP contribution in [0.4, 0.5) is 32.0 Å². The van der Waals surface area contributed by atoms with Gasteiger partial charge in [0.2, 0.25) is 15.9 Å². The Bertz CT molecular complexity index is 1090. The fourth-order valence-electron chi connectivity index (χ4n) is 2.45. The molecule has 32 heavy (non-hydrogen) atoms. The predicted molar refractivity (Wildman–Crippen MR) is 103 cm³/mol. The number of hydrogen-bond acceptors (Lipinski definition) is 4. The first-order chi connectivity index (χ1) is 14.5. The van der Waals surface area contributed by atoms with E-state index in [2.05, 4.69) is 0 Å². The summed E-state index contributed by atoms with van der Waals surface area (Å²) in [5.41, 5.74) is -4.08. The zero-order valence-corrected chi connectivity index (χ0v) is 17.8. The van der Waals surface area contributed by atoms with Crippen molar-refractivity contribution in [3.63, 3.8) is 0 Å². The number of ether oxygens (including phenoxy) is 1. The SMILES string of the molecule is COc1ccc(S(=O)(=O)N[C@H](C)C(=O)Nc2cc(C(F)(F)F)cc(C(F)(F)F)c2)cc1Cl. The van der Waals surface area contributed by atoms with E-state index < -0.39 is 51.1 Å². The van der Waals surface area contributed by atoms with Crippen LogP contribution in [0.1, 0.15) is 18.1 Å². The predicted octanol–water partition coefficient (Wildman–Crippen LogP) is 4.69. The summed E-state index contributed by atoms with van der Waals surface area (Å²) >= 11 is 5.86. The van der Waals surface area contributed by atoms with E-state index >= 15 is 0 Å². The van der Waals surface area contributed by atoms with E-state index in [1.807, 2.05) is 10.0 Å². The molecule has 0 saturated carbocycles. The summed E-state index contributed by atoms with van der Waals surface area (Å²) in [7, 11) is -3.01. The summed E-state index contributed by atoms with van der Waals surface area (Å²) in [6, 6.07) is 2.35. The van der Waals surface area contributed by atoms with Crippen LogP contribution in [0, 0.1) is 0 Å². The summed E-state index contributed by atoms with van der Waals surface area (Å²) in [4.78, 5) is 11.9. The Hall–Kier alpha value is -2.51. The first-order valence-electron chi connectivity index (χ1n) is 8.51. The number of benzene rings is 2. The molecule has 1 atom stereocenters. The number of hydrogen-bond donors (Lipinski definition) is 2. The van der Waals surface area contributed by atoms with E-state index in [9.17, 15) is 39.6 Å². The fourth-order valence-corrected chi connectivity index (χ4v) is 4.00. The zero-order chi connectivity index (χ0) is 24.5. The van der Waals surface area contributed by atoms with Crippen molar-refractivity contribution in [1.82, 2.24) is 4.72 Å². The van der Waals surface area contributed by atoms with Crippen LogP contribution < -0.4 is 14.8 Å². The number of anilines is 1. The lowest BCUT2D eigenvalue weighted by Gasteiger charge is -2.17. The molecule has 0 spiro atoms. The van der Waals surface area contributed by atoms with Crippen molar-refractivity contribution in [3.05, 3.63) is 52.5 Å². The molecule has 176 valence electrons. The van der Waals surface area contributed by atoms with Crippen LogP contribution in [0.2, 0.25) is 5.02 Å². The molecule has 0 bridgehead atoms. The minimum absolute atomic E-state index is 0.0453. The molecule has 2 rings (SSSR count). The van der Waals surface area contributed by atoms with Crippen LogP contribution in [0.5, 0.6) is 5.75 Å². The number of rotatable bonds is 6. The molecule has 2 N–H and O–H groups in total. The largest absolute Gasteiger partial charge is 0.495 e. The fraction of sp³-hybridized carbons (Fsp3) is 0.278. The summed E-state index contributed by atoms with van der Waals surface area (Å²) in [6.07, 6.45) is -10.2. The molecule has 0 aromatic heterocycles. The molecule has 0 heterocycles. The van der Waals surface area contributed by atoms with Crippen LogP contribution in [0.15, 0.2) is 41.3 Å². The summed E-state index contributed by atoms with van der Waals surface area (Å²) in [6.45, 7) is 1.05. The maximum atomic E-state index is 12.9. The molecule has 2 aromatic rings. The standard InChI is InChI=1S/C18H15ClF6N2O4S/c1-9(27-32(29,30)13-3-4-15(31-2)14(19)8-13)16(28)26-12-6-10(17(20,21)22)5-11(7-12)18(23,24)25/h3-9,27H,1-2H3,(H,26,28)/t9-/m1/s1. The van der Waals surface area contributed by atoms with Crippen molar-refractivity contribution < 1.29 is 44.3 Å². The molecule has 0 saturated heterocycles. The summed E-state index contributed by atoms with van der Waals surface area (Å²) in [5.74, 6) is -1.01. The topological polar surface area (TPSA) is 84.5 Å². The maximum absolute atomic E-state index is 12.9. The van der Waals surface area contributed by atoms with Crippen molar-refractivity contribution >= 4 is 33.2 Å². The second kappa shape index (κ2) is 9.16. The summed E-state index contributed by atoms with van der Waals surface area (Å²) < 4.78 is 109. The highest BCUT2D eigenvalue weighted by atomic mass is 35.5. The highest BCUT2D eigenvalue weighted by molar-refractivity contribution is 7.89. The van der Waals surface area contributed by atoms with Crippen LogP contribution >= 0.6 is 11.6 Å². The van der Waals surface area contributed by atoms with Gasteiger partial charge < -0.3 is 10.1 Å². The normalized spacial score (nSPS) is 13.5. The lowest BCUT2D eigenvalue weighted by molar-refractivity contribution is -0.143. The van der Waals surface area contributed by atoms with Gasteiger partial charge >= 0.3 is 12.4 Å². The number of halogens is 7. The molecule has 0 aliphatic rings. The summed E-state index contributed by atoms with van der Waals surface area (Å²) in [5, 5.41) is 1.81. The molecular weight excluding hydrogens is 490 g/mol. The molecule has 1 amide bonds. The highest BCUT2D eigenvalue weighted by Gasteiger charge is 2.37. The Kier molecular flexibility index (Phi) is 7.37. The van der Waals surface area contributed by atoms with E-state index in [0.29, 0.717) is 12.1 Å². The number of sulfonamides is 1. The molecule has 0 fully saturated rings. The molecule has 0 aliphatic heterocycles. The number of carbonyl (C=O) groups excluding carboxylic acids is 1. The molecule has 0 aliphatic carbocycles. The Morgan fingerprint density at radius 3 is 1.97 bits per heavy atom. The zero-order valence-electron chi connectivity index (χ0n) is 16.2. The van der Waals surface area contributed by atoms with Gasteiger partial charge in [0.25, 0.3) is 0 Å². The van der Waals surface area contributed by atoms with E-state index in [1.165, 1.54) is 13.2 Å². The first-order valence-corrected chi connectivity index (χ1v) is 10.4. The Morgan fingerprint density at radius 2 is 1.53 bits per heavy atom. The second-order valence-electron chi connectivity index (χ2n) is 6.42. The van der Waals surface area contributed by atoms with Gasteiger partial charge in [-0.25, -0.2) is 8.42 Å². The second-order valence-corrected chi connectivity index (χ2v) is 8.54. The monoisotopic (exact) mass is 504 g/mol. The highest BCUT2D eigenvalue weighted by Crippen LogP contribution is 2.37. The smallest absolute Gasteiger partial charge is 0.416 e. The van der Waals surface area contributed by atoms with Gasteiger partial charge in [-0.1, -0.05) is 11.6 Å². The number of nitrogens with one attached hydrogen (secondary N) is 2. The van der Waals surface area contributed by atoms with Gasteiger partial charge in [-0.2, -0.15) is 31.1 Å². The van der Waals surface area contributed by atoms with Crippen molar-refractivity contribution in [2.75, 3.05) is 12.4 Å². The molecule has 0 radical (unpaired) electrons. The minimum Gasteiger partial charge on any atom is -0.495 e. The average molecular weight is 505 g/mol. The third-order valence-corrected chi connectivity index (χ3v) is 5.85. The number of carbonyl (C=O) groups is 1. The van der Waals surface area contributed by atoms with E-state index in [1.54, 1.807) is 0 Å². The average Bonchev–Trinajstić information content (AvgIpc) is 2.65. The molecule has 14 heteroatoms. The van der Waals surface area contributed by atoms with Gasteiger partial charge in [-0.05, 0) is 43.3 Å². The van der Waals surface area contributed by atoms with Crippen molar-refractivity contribution in [1.29, 1.82) is 0 Å². The Morgan fingerprint density at radius 1 is 1.00 bits per heavy atom. The quantitative estimate of drug-likeness (QED) is 0.559. The third-order valence-electron chi connectivity index (χ3n) is 4.01. The molecular formula is C18H15ClF6N2O4S. The lowest BCUT2D eigenvalue weighted by atomic mass is 10.1. The van der Waals surface area contributed by atoms with Gasteiger partial charge in [0.15, 0.2) is 0 Å². The molecule has 0 unspecified atom stereocenters. The van der Waals surface area contributed by atoms with Gasteiger partial charge in [-0.3, -0.25) is 4.79 Å². The minimum atomic E-state index is -5.11. The Labute approximate surface area is 183 Å². The van der Waals surface area contributed by atoms with E-state index in [-0.39, 0.29) is 21.7 Å². The van der Waals surface area contributed by atoms with Crippen LogP contribution in [0.3, 0.4) is 0 Å². The number of amides is 1. The van der Waals surface area contributed by atoms with Crippen molar-refractivity contribution in [2.24, 2.45) is 0 Å². The van der Waals surface area contributed by atoms with Gasteiger partial charge in [0, 0.05) is 5.69 Å². The van der Waals surface area contributed by atoms with Gasteiger partial charge in [0.1, 0.15) is 5.75 Å². The van der Waals surface area contributed by atoms with Crippen molar-refractivity contribution in [3.8, 4) is 5.75 Å². The van der Waals surface area contributed by atoms with E-state index in [0.717, 1.165) is 19.1 Å². The van der Waals surface area contributed by atoms with Gasteiger partial charge in [-0.15, -0.1) is 0 Å². The molecule has 6 nitrogen and oxygen atoms in total. The maximum Gasteiger partial charge on any atom is 0.416 e.